The molecule has 58 valence electrons. The summed E-state index contributed by atoms with van der Waals surface area (Å²) in [5.74, 6) is 0.0642. The number of alkyl halides is 1. The molecule has 10 heavy (non-hydrogen) atoms. The van der Waals surface area contributed by atoms with Gasteiger partial charge in [-0.3, -0.25) is 4.79 Å². The monoisotopic (exact) mass is 253 g/mol. The molecule has 3 heteroatoms. The summed E-state index contributed by atoms with van der Waals surface area (Å²) in [4.78, 5) is 10.7. The fourth-order valence-electron chi connectivity index (χ4n) is 1.34. The molecule has 0 heterocycles. The Morgan fingerprint density at radius 3 is 2.20 bits per heavy atom. The Hall–Kier alpha value is 0.200. The van der Waals surface area contributed by atoms with Crippen molar-refractivity contribution < 1.29 is 4.79 Å². The summed E-state index contributed by atoms with van der Waals surface area (Å²) in [6, 6.07) is 0. The smallest absolute Gasteiger partial charge is 0.220 e. The van der Waals surface area contributed by atoms with Crippen LogP contribution in [0.1, 0.15) is 25.7 Å². The van der Waals surface area contributed by atoms with Crippen LogP contribution in [0.5, 0.6) is 0 Å². The van der Waals surface area contributed by atoms with E-state index in [2.05, 4.69) is 22.6 Å². The second-order valence-corrected chi connectivity index (χ2v) is 4.61. The standard InChI is InChI=1S/C7H12INO/c8-6-3-1-5(2-4-6)7(9)10/h5-6H,1-4H2,(H2,9,10). The minimum Gasteiger partial charge on any atom is -0.369 e. The SMILES string of the molecule is NC(=O)C1CCC(I)CC1. The van der Waals surface area contributed by atoms with Crippen LogP contribution < -0.4 is 5.73 Å². The summed E-state index contributed by atoms with van der Waals surface area (Å²) in [6.07, 6.45) is 4.33. The van der Waals surface area contributed by atoms with Gasteiger partial charge in [0.15, 0.2) is 0 Å². The van der Waals surface area contributed by atoms with Crippen molar-refractivity contribution in [3.05, 3.63) is 0 Å². The number of rotatable bonds is 1. The van der Waals surface area contributed by atoms with E-state index in [0.29, 0.717) is 0 Å². The normalized spacial score (nSPS) is 33.7. The molecule has 1 amide bonds. The van der Waals surface area contributed by atoms with Gasteiger partial charge < -0.3 is 5.73 Å². The first kappa shape index (κ1) is 8.30. The molecule has 0 saturated heterocycles. The fourth-order valence-corrected chi connectivity index (χ4v) is 2.06. The Morgan fingerprint density at radius 1 is 1.30 bits per heavy atom. The summed E-state index contributed by atoms with van der Waals surface area (Å²) in [5, 5.41) is 0. The van der Waals surface area contributed by atoms with Gasteiger partial charge in [0.1, 0.15) is 0 Å². The maximum atomic E-state index is 10.7. The number of carbonyl (C=O) groups excluding carboxylic acids is 1. The summed E-state index contributed by atoms with van der Waals surface area (Å²) >= 11 is 2.44. The van der Waals surface area contributed by atoms with Crippen LogP contribution in [-0.2, 0) is 4.79 Å². The van der Waals surface area contributed by atoms with Gasteiger partial charge in [0.2, 0.25) is 5.91 Å². The van der Waals surface area contributed by atoms with Gasteiger partial charge >= 0.3 is 0 Å². The molecule has 1 saturated carbocycles. The lowest BCUT2D eigenvalue weighted by atomic mass is 9.89. The molecule has 1 rings (SSSR count). The molecule has 0 aromatic heterocycles. The molecule has 0 bridgehead atoms. The Bertz CT molecular complexity index is 130. The molecule has 1 fully saturated rings. The van der Waals surface area contributed by atoms with E-state index in [1.165, 1.54) is 0 Å². The third kappa shape index (κ3) is 2.11. The summed E-state index contributed by atoms with van der Waals surface area (Å²) < 4.78 is 0.771. The van der Waals surface area contributed by atoms with E-state index in [0.717, 1.165) is 29.6 Å². The molecule has 0 radical (unpaired) electrons. The number of carbonyl (C=O) groups is 1. The minimum atomic E-state index is -0.108. The van der Waals surface area contributed by atoms with Crippen LogP contribution >= 0.6 is 22.6 Å². The van der Waals surface area contributed by atoms with Gasteiger partial charge in [-0.2, -0.15) is 0 Å². The molecular weight excluding hydrogens is 241 g/mol. The van der Waals surface area contributed by atoms with Gasteiger partial charge in [0.25, 0.3) is 0 Å². The average Bonchev–Trinajstić information content (AvgIpc) is 1.88. The second kappa shape index (κ2) is 3.55. The molecule has 1 aliphatic carbocycles. The summed E-state index contributed by atoms with van der Waals surface area (Å²) in [7, 11) is 0. The Balaban J connectivity index is 2.33. The predicted octanol–water partition coefficient (Wildman–Crippen LogP) is 1.47. The van der Waals surface area contributed by atoms with Crippen LogP contribution in [0.25, 0.3) is 0 Å². The first-order chi connectivity index (χ1) is 4.70. The summed E-state index contributed by atoms with van der Waals surface area (Å²) in [5.41, 5.74) is 5.17. The Labute approximate surface area is 74.7 Å². The van der Waals surface area contributed by atoms with Crippen molar-refractivity contribution in [2.45, 2.75) is 29.6 Å². The molecule has 2 nitrogen and oxygen atoms in total. The Morgan fingerprint density at radius 2 is 1.80 bits per heavy atom. The van der Waals surface area contributed by atoms with Gasteiger partial charge in [-0.05, 0) is 25.7 Å². The van der Waals surface area contributed by atoms with E-state index < -0.39 is 0 Å². The molecule has 2 N–H and O–H groups in total. The van der Waals surface area contributed by atoms with Crippen LogP contribution in [-0.4, -0.2) is 9.83 Å². The van der Waals surface area contributed by atoms with E-state index in [1.54, 1.807) is 0 Å². The maximum absolute atomic E-state index is 10.7. The lowest BCUT2D eigenvalue weighted by Gasteiger charge is -2.22. The van der Waals surface area contributed by atoms with E-state index in [9.17, 15) is 4.79 Å². The lowest BCUT2D eigenvalue weighted by Crippen LogP contribution is -2.27. The first-order valence-corrected chi connectivity index (χ1v) is 4.88. The third-order valence-electron chi connectivity index (χ3n) is 2.06. The third-order valence-corrected chi connectivity index (χ3v) is 3.30. The number of amides is 1. The quantitative estimate of drug-likeness (QED) is 0.558. The van der Waals surface area contributed by atoms with Gasteiger partial charge in [-0.25, -0.2) is 0 Å². The number of halogens is 1. The zero-order chi connectivity index (χ0) is 7.56. The van der Waals surface area contributed by atoms with Crippen LogP contribution in [0.2, 0.25) is 0 Å². The van der Waals surface area contributed by atoms with Crippen LogP contribution in [0.3, 0.4) is 0 Å². The number of hydrogen-bond acceptors (Lipinski definition) is 1. The van der Waals surface area contributed by atoms with Crippen molar-refractivity contribution in [3.63, 3.8) is 0 Å². The predicted molar refractivity (Wildman–Crippen MR) is 49.0 cm³/mol. The van der Waals surface area contributed by atoms with E-state index in [4.69, 9.17) is 5.73 Å². The van der Waals surface area contributed by atoms with Crippen molar-refractivity contribution in [2.75, 3.05) is 0 Å². The molecule has 0 atom stereocenters. The topological polar surface area (TPSA) is 43.1 Å². The highest BCUT2D eigenvalue weighted by Gasteiger charge is 2.22. The maximum Gasteiger partial charge on any atom is 0.220 e. The molecule has 0 spiro atoms. The van der Waals surface area contributed by atoms with E-state index in [1.807, 2.05) is 0 Å². The van der Waals surface area contributed by atoms with Crippen LogP contribution in [0, 0.1) is 5.92 Å². The van der Waals surface area contributed by atoms with Gasteiger partial charge in [0.05, 0.1) is 0 Å². The average molecular weight is 253 g/mol. The molecule has 0 aromatic rings. The van der Waals surface area contributed by atoms with Crippen molar-refractivity contribution in [1.29, 1.82) is 0 Å². The largest absolute Gasteiger partial charge is 0.369 e. The molecule has 1 aliphatic rings. The van der Waals surface area contributed by atoms with E-state index >= 15 is 0 Å². The van der Waals surface area contributed by atoms with Crippen LogP contribution in [0.15, 0.2) is 0 Å². The second-order valence-electron chi connectivity index (χ2n) is 2.85. The van der Waals surface area contributed by atoms with Gasteiger partial charge in [0, 0.05) is 9.84 Å². The summed E-state index contributed by atoms with van der Waals surface area (Å²) in [6.45, 7) is 0. The Kier molecular flexibility index (Phi) is 2.95. The highest BCUT2D eigenvalue weighted by molar-refractivity contribution is 14.1. The molecule has 0 aromatic carbocycles. The minimum absolute atomic E-state index is 0.108. The molecule has 0 unspecified atom stereocenters. The zero-order valence-electron chi connectivity index (χ0n) is 5.85. The molecule has 0 aliphatic heterocycles. The molecular formula is C7H12INO. The first-order valence-electron chi connectivity index (χ1n) is 3.63. The fraction of sp³-hybridized carbons (Fsp3) is 0.857. The van der Waals surface area contributed by atoms with Crippen LogP contribution in [0.4, 0.5) is 0 Å². The van der Waals surface area contributed by atoms with E-state index in [-0.39, 0.29) is 11.8 Å². The number of hydrogen-bond donors (Lipinski definition) is 1. The van der Waals surface area contributed by atoms with Crippen molar-refractivity contribution >= 4 is 28.5 Å². The van der Waals surface area contributed by atoms with Crippen molar-refractivity contribution in [2.24, 2.45) is 11.7 Å². The van der Waals surface area contributed by atoms with Crippen molar-refractivity contribution in [1.82, 2.24) is 0 Å². The number of nitrogens with two attached hydrogens (primary N) is 1. The zero-order valence-corrected chi connectivity index (χ0v) is 8.00. The van der Waals surface area contributed by atoms with Gasteiger partial charge in [-0.1, -0.05) is 22.6 Å². The van der Waals surface area contributed by atoms with Crippen molar-refractivity contribution in [3.8, 4) is 0 Å². The number of primary amides is 1. The highest BCUT2D eigenvalue weighted by atomic mass is 127. The van der Waals surface area contributed by atoms with Gasteiger partial charge in [-0.15, -0.1) is 0 Å². The highest BCUT2D eigenvalue weighted by Crippen LogP contribution is 2.28. The lowest BCUT2D eigenvalue weighted by molar-refractivity contribution is -0.122.